The maximum Gasteiger partial charge on any atom is 0.227 e. The summed E-state index contributed by atoms with van der Waals surface area (Å²) in [6.07, 6.45) is 0. The van der Waals surface area contributed by atoms with Gasteiger partial charge in [-0.15, -0.1) is 0 Å². The summed E-state index contributed by atoms with van der Waals surface area (Å²) in [5, 5.41) is 3.26. The fraction of sp³-hybridized carbons (Fsp3) is 0.467. The van der Waals surface area contributed by atoms with Crippen molar-refractivity contribution in [3.05, 3.63) is 30.3 Å². The van der Waals surface area contributed by atoms with Gasteiger partial charge < -0.3 is 19.7 Å². The van der Waals surface area contributed by atoms with Gasteiger partial charge in [0.2, 0.25) is 5.96 Å². The van der Waals surface area contributed by atoms with E-state index in [0.717, 1.165) is 43.7 Å². The van der Waals surface area contributed by atoms with Crippen LogP contribution in [-0.4, -0.2) is 62.8 Å². The van der Waals surface area contributed by atoms with Gasteiger partial charge in [0.05, 0.1) is 25.5 Å². The normalized spacial score (nSPS) is 22.2. The van der Waals surface area contributed by atoms with Gasteiger partial charge in [0.15, 0.2) is 0 Å². The van der Waals surface area contributed by atoms with Crippen LogP contribution in [0.5, 0.6) is 0 Å². The molecule has 1 aromatic rings. The van der Waals surface area contributed by atoms with Gasteiger partial charge in [0.1, 0.15) is 12.4 Å². The number of hydrogen-bond donors (Lipinski definition) is 1. The van der Waals surface area contributed by atoms with E-state index in [1.165, 1.54) is 0 Å². The summed E-state index contributed by atoms with van der Waals surface area (Å²) in [6, 6.07) is 9.89. The fourth-order valence-electron chi connectivity index (χ4n) is 2.23. The third-order valence-corrected chi connectivity index (χ3v) is 3.33. The molecule has 0 atom stereocenters. The first-order valence-electron chi connectivity index (χ1n) is 7.27. The zero-order chi connectivity index (χ0) is 14.3. The molecule has 6 nitrogen and oxygen atoms in total. The van der Waals surface area contributed by atoms with E-state index in [2.05, 4.69) is 20.2 Å². The molecular weight excluding hydrogens is 268 g/mol. The van der Waals surface area contributed by atoms with Gasteiger partial charge in [-0.1, -0.05) is 18.2 Å². The number of hydrogen-bond acceptors (Lipinski definition) is 3. The van der Waals surface area contributed by atoms with E-state index < -0.39 is 0 Å². The number of nitrogens with zero attached hydrogens (tertiary/aromatic N) is 3. The third-order valence-electron chi connectivity index (χ3n) is 3.33. The Morgan fingerprint density at radius 2 is 1.86 bits per heavy atom. The molecule has 0 bridgehead atoms. The lowest BCUT2D eigenvalue weighted by Crippen LogP contribution is -2.43. The lowest BCUT2D eigenvalue weighted by Gasteiger charge is -2.28. The smallest absolute Gasteiger partial charge is 0.227 e. The summed E-state index contributed by atoms with van der Waals surface area (Å²) in [5.41, 5.74) is 0.903. The van der Waals surface area contributed by atoms with E-state index >= 15 is 0 Å². The average molecular weight is 288 g/mol. The number of rotatable bonds is 1. The Bertz CT molecular complexity index is 502. The highest BCUT2D eigenvalue weighted by atomic mass is 16.5. The summed E-state index contributed by atoms with van der Waals surface area (Å²) in [4.78, 5) is 11.5. The van der Waals surface area contributed by atoms with Crippen LogP contribution in [0.2, 0.25) is 0 Å². The topological polar surface area (TPSA) is 58.5 Å². The first-order chi connectivity index (χ1) is 10.4. The Labute approximate surface area is 124 Å². The van der Waals surface area contributed by atoms with Gasteiger partial charge in [0.25, 0.3) is 0 Å². The minimum absolute atomic E-state index is 0.512. The number of ether oxygens (including phenoxy) is 2. The van der Waals surface area contributed by atoms with E-state index in [4.69, 9.17) is 9.47 Å². The van der Waals surface area contributed by atoms with Crippen molar-refractivity contribution in [3.63, 3.8) is 0 Å². The predicted molar refractivity (Wildman–Crippen MR) is 82.2 cm³/mol. The molecule has 6 heteroatoms. The Morgan fingerprint density at radius 3 is 2.57 bits per heavy atom. The molecule has 21 heavy (non-hydrogen) atoms. The first kappa shape index (κ1) is 14.0. The molecule has 0 spiro atoms. The monoisotopic (exact) mass is 288 g/mol. The molecule has 3 rings (SSSR count). The molecule has 2 fully saturated rings. The van der Waals surface area contributed by atoms with Crippen molar-refractivity contribution in [1.82, 2.24) is 10.2 Å². The van der Waals surface area contributed by atoms with Crippen LogP contribution >= 0.6 is 0 Å². The van der Waals surface area contributed by atoms with Gasteiger partial charge >= 0.3 is 0 Å². The largest absolute Gasteiger partial charge is 0.378 e. The van der Waals surface area contributed by atoms with Crippen molar-refractivity contribution < 1.29 is 9.47 Å². The van der Waals surface area contributed by atoms with Crippen molar-refractivity contribution >= 4 is 17.5 Å². The van der Waals surface area contributed by atoms with Crippen molar-refractivity contribution in [1.29, 1.82) is 0 Å². The van der Waals surface area contributed by atoms with Crippen molar-refractivity contribution in [3.8, 4) is 0 Å². The van der Waals surface area contributed by atoms with Crippen LogP contribution in [-0.2, 0) is 9.47 Å². The Kier molecular flexibility index (Phi) is 4.81. The second kappa shape index (κ2) is 7.19. The quantitative estimate of drug-likeness (QED) is 0.619. The zero-order valence-corrected chi connectivity index (χ0v) is 12.0. The van der Waals surface area contributed by atoms with Crippen molar-refractivity contribution in [2.75, 3.05) is 46.1 Å². The van der Waals surface area contributed by atoms with E-state index in [0.29, 0.717) is 19.8 Å². The first-order valence-corrected chi connectivity index (χ1v) is 7.27. The molecule has 2 heterocycles. The lowest BCUT2D eigenvalue weighted by atomic mass is 10.3. The molecule has 1 N–H and O–H groups in total. The van der Waals surface area contributed by atoms with Gasteiger partial charge in [-0.3, -0.25) is 0 Å². The SMILES string of the molecule is c1ccc(/N=C(/N=C2/COCCN2)N2CCOCC2)cc1. The molecule has 2 aliphatic rings. The highest BCUT2D eigenvalue weighted by Gasteiger charge is 2.16. The molecule has 1 aromatic carbocycles. The molecule has 112 valence electrons. The number of guanidine groups is 1. The van der Waals surface area contributed by atoms with Crippen LogP contribution in [0.4, 0.5) is 5.69 Å². The number of nitrogens with one attached hydrogen (secondary N) is 1. The van der Waals surface area contributed by atoms with Crippen LogP contribution in [0.15, 0.2) is 40.3 Å². The minimum atomic E-state index is 0.512. The number of aliphatic imine (C=N–C) groups is 2. The van der Waals surface area contributed by atoms with Gasteiger partial charge in [-0.25, -0.2) is 4.99 Å². The Morgan fingerprint density at radius 1 is 1.05 bits per heavy atom. The van der Waals surface area contributed by atoms with Gasteiger partial charge in [0, 0.05) is 19.6 Å². The summed E-state index contributed by atoms with van der Waals surface area (Å²) < 4.78 is 10.8. The molecule has 0 aliphatic carbocycles. The average Bonchev–Trinajstić information content (AvgIpc) is 2.57. The second-order valence-corrected chi connectivity index (χ2v) is 4.88. The standard InChI is InChI=1S/C15H20N4O2/c1-2-4-13(5-3-1)17-15(19-7-10-20-11-8-19)18-14-12-21-9-6-16-14/h1-5H,6-12H2,(H,16,17,18). The molecular formula is C15H20N4O2. The maximum atomic E-state index is 5.43. The number of morpholine rings is 2. The molecule has 0 unspecified atom stereocenters. The maximum absolute atomic E-state index is 5.43. The Balaban J connectivity index is 1.84. The Hall–Kier alpha value is -1.92. The van der Waals surface area contributed by atoms with Crippen LogP contribution in [0, 0.1) is 0 Å². The van der Waals surface area contributed by atoms with Crippen LogP contribution in [0.25, 0.3) is 0 Å². The van der Waals surface area contributed by atoms with Crippen LogP contribution in [0.3, 0.4) is 0 Å². The highest BCUT2D eigenvalue weighted by molar-refractivity contribution is 5.97. The number of amidine groups is 1. The van der Waals surface area contributed by atoms with Crippen LogP contribution in [0.1, 0.15) is 0 Å². The number of para-hydroxylation sites is 1. The molecule has 0 aromatic heterocycles. The highest BCUT2D eigenvalue weighted by Crippen LogP contribution is 2.13. The summed E-state index contributed by atoms with van der Waals surface area (Å²) in [6.45, 7) is 5.07. The summed E-state index contributed by atoms with van der Waals surface area (Å²) in [5.74, 6) is 1.56. The van der Waals surface area contributed by atoms with E-state index in [1.54, 1.807) is 0 Å². The number of benzene rings is 1. The fourth-order valence-corrected chi connectivity index (χ4v) is 2.23. The van der Waals surface area contributed by atoms with Gasteiger partial charge in [-0.2, -0.15) is 4.99 Å². The van der Waals surface area contributed by atoms with Crippen LogP contribution < -0.4 is 5.32 Å². The molecule has 2 aliphatic heterocycles. The van der Waals surface area contributed by atoms with E-state index in [-0.39, 0.29) is 0 Å². The van der Waals surface area contributed by atoms with E-state index in [1.807, 2.05) is 30.3 Å². The zero-order valence-electron chi connectivity index (χ0n) is 12.0. The lowest BCUT2D eigenvalue weighted by molar-refractivity contribution is 0.0675. The second-order valence-electron chi connectivity index (χ2n) is 4.88. The predicted octanol–water partition coefficient (Wildman–Crippen LogP) is 1.02. The third kappa shape index (κ3) is 4.03. The van der Waals surface area contributed by atoms with Crippen molar-refractivity contribution in [2.24, 2.45) is 9.98 Å². The molecule has 2 saturated heterocycles. The summed E-state index contributed by atoms with van der Waals surface area (Å²) >= 11 is 0. The molecule has 0 amide bonds. The summed E-state index contributed by atoms with van der Waals surface area (Å²) in [7, 11) is 0. The molecule has 0 radical (unpaired) electrons. The van der Waals surface area contributed by atoms with Crippen molar-refractivity contribution in [2.45, 2.75) is 0 Å². The van der Waals surface area contributed by atoms with Gasteiger partial charge in [-0.05, 0) is 12.1 Å². The minimum Gasteiger partial charge on any atom is -0.378 e. The van der Waals surface area contributed by atoms with E-state index in [9.17, 15) is 0 Å². The molecule has 0 saturated carbocycles.